The lowest BCUT2D eigenvalue weighted by molar-refractivity contribution is -0.141. The van der Waals surface area contributed by atoms with Gasteiger partial charge in [0.1, 0.15) is 11.5 Å². The number of hydrogen-bond acceptors (Lipinski definition) is 6. The van der Waals surface area contributed by atoms with E-state index in [1.54, 1.807) is 23.2 Å². The third-order valence-corrected chi connectivity index (χ3v) is 6.70. The highest BCUT2D eigenvalue weighted by atomic mass is 16.5. The highest BCUT2D eigenvalue weighted by Gasteiger charge is 2.23. The SMILES string of the molecule is COc1ccc(CC(=O)N(CCCN2CCOCC2)CC(=O)N(Cc2ccccc2)Cc2ccco2)cc1. The van der Waals surface area contributed by atoms with Crippen molar-refractivity contribution in [3.05, 3.63) is 89.9 Å². The van der Waals surface area contributed by atoms with Gasteiger partial charge in [0.15, 0.2) is 0 Å². The number of carbonyl (C=O) groups is 2. The molecular formula is C30H37N3O5. The molecule has 0 aliphatic carbocycles. The molecule has 0 saturated carbocycles. The number of hydrogen-bond donors (Lipinski definition) is 0. The minimum absolute atomic E-state index is 0.0195. The third-order valence-electron chi connectivity index (χ3n) is 6.70. The molecule has 1 aliphatic heterocycles. The molecule has 0 bridgehead atoms. The van der Waals surface area contributed by atoms with E-state index in [1.807, 2.05) is 66.7 Å². The van der Waals surface area contributed by atoms with Gasteiger partial charge in [0.2, 0.25) is 11.8 Å². The number of furan rings is 1. The van der Waals surface area contributed by atoms with E-state index in [4.69, 9.17) is 13.9 Å². The number of nitrogens with zero attached hydrogens (tertiary/aromatic N) is 3. The van der Waals surface area contributed by atoms with E-state index in [-0.39, 0.29) is 24.8 Å². The standard InChI is InChI=1S/C30H37N3O5/c1-36-27-12-10-25(11-13-27)21-29(34)32(15-6-14-31-16-19-37-20-17-31)24-30(35)33(23-28-9-5-18-38-28)22-26-7-3-2-4-8-26/h2-5,7-13,18H,6,14-17,19-24H2,1H3. The highest BCUT2D eigenvalue weighted by Crippen LogP contribution is 2.15. The summed E-state index contributed by atoms with van der Waals surface area (Å²) in [5.41, 5.74) is 1.91. The molecule has 0 spiro atoms. The van der Waals surface area contributed by atoms with Crippen molar-refractivity contribution in [2.45, 2.75) is 25.9 Å². The van der Waals surface area contributed by atoms with Crippen LogP contribution in [0.4, 0.5) is 0 Å². The van der Waals surface area contributed by atoms with Gasteiger partial charge in [-0.2, -0.15) is 0 Å². The van der Waals surface area contributed by atoms with Crippen LogP contribution in [0.15, 0.2) is 77.4 Å². The van der Waals surface area contributed by atoms with Crippen molar-refractivity contribution >= 4 is 11.8 Å². The van der Waals surface area contributed by atoms with Crippen LogP contribution in [0.3, 0.4) is 0 Å². The van der Waals surface area contributed by atoms with Gasteiger partial charge in [-0.05, 0) is 41.8 Å². The molecule has 2 heterocycles. The maximum absolute atomic E-state index is 13.6. The van der Waals surface area contributed by atoms with E-state index in [1.165, 1.54) is 0 Å². The Morgan fingerprint density at radius 1 is 0.868 bits per heavy atom. The van der Waals surface area contributed by atoms with E-state index in [0.717, 1.165) is 56.1 Å². The first kappa shape index (κ1) is 27.4. The minimum atomic E-state index is -0.111. The van der Waals surface area contributed by atoms with Crippen LogP contribution in [-0.2, 0) is 33.8 Å². The van der Waals surface area contributed by atoms with E-state index >= 15 is 0 Å². The Kier molecular flexibility index (Phi) is 10.4. The van der Waals surface area contributed by atoms with E-state index in [0.29, 0.717) is 25.4 Å². The van der Waals surface area contributed by atoms with Crippen molar-refractivity contribution in [1.82, 2.24) is 14.7 Å². The smallest absolute Gasteiger partial charge is 0.242 e. The summed E-state index contributed by atoms with van der Waals surface area (Å²) >= 11 is 0. The lowest BCUT2D eigenvalue weighted by atomic mass is 10.1. The zero-order chi connectivity index (χ0) is 26.6. The van der Waals surface area contributed by atoms with Crippen LogP contribution >= 0.6 is 0 Å². The van der Waals surface area contributed by atoms with Crippen LogP contribution in [0.25, 0.3) is 0 Å². The van der Waals surface area contributed by atoms with Crippen molar-refractivity contribution in [2.75, 3.05) is 53.0 Å². The second-order valence-electron chi connectivity index (χ2n) is 9.46. The number of amides is 2. The van der Waals surface area contributed by atoms with Gasteiger partial charge in [0, 0.05) is 32.7 Å². The molecule has 2 aromatic carbocycles. The summed E-state index contributed by atoms with van der Waals surface area (Å²) < 4.78 is 16.2. The molecule has 38 heavy (non-hydrogen) atoms. The molecule has 0 radical (unpaired) electrons. The number of benzene rings is 2. The van der Waals surface area contributed by atoms with Crippen molar-refractivity contribution in [1.29, 1.82) is 0 Å². The summed E-state index contributed by atoms with van der Waals surface area (Å²) in [6.45, 7) is 5.44. The molecule has 202 valence electrons. The average molecular weight is 520 g/mol. The fourth-order valence-electron chi connectivity index (χ4n) is 4.52. The fraction of sp³-hybridized carbons (Fsp3) is 0.400. The molecule has 1 aromatic heterocycles. The molecule has 1 saturated heterocycles. The Hall–Kier alpha value is -3.62. The molecule has 8 nitrogen and oxygen atoms in total. The zero-order valence-electron chi connectivity index (χ0n) is 22.1. The Morgan fingerprint density at radius 2 is 1.63 bits per heavy atom. The molecule has 1 aliphatic rings. The first-order valence-corrected chi connectivity index (χ1v) is 13.2. The molecule has 8 heteroatoms. The summed E-state index contributed by atoms with van der Waals surface area (Å²) in [7, 11) is 1.62. The maximum atomic E-state index is 13.6. The number of ether oxygens (including phenoxy) is 2. The predicted molar refractivity (Wildman–Crippen MR) is 145 cm³/mol. The van der Waals surface area contributed by atoms with Crippen LogP contribution in [0, 0.1) is 0 Å². The van der Waals surface area contributed by atoms with Crippen molar-refractivity contribution in [2.24, 2.45) is 0 Å². The topological polar surface area (TPSA) is 75.5 Å². The maximum Gasteiger partial charge on any atom is 0.242 e. The lowest BCUT2D eigenvalue weighted by Gasteiger charge is -2.30. The van der Waals surface area contributed by atoms with Gasteiger partial charge in [-0.1, -0.05) is 42.5 Å². The van der Waals surface area contributed by atoms with Crippen LogP contribution in [0.5, 0.6) is 5.75 Å². The normalized spacial score (nSPS) is 13.7. The first-order chi connectivity index (χ1) is 18.6. The summed E-state index contributed by atoms with van der Waals surface area (Å²) in [5.74, 6) is 1.27. The monoisotopic (exact) mass is 519 g/mol. The Labute approximate surface area is 224 Å². The summed E-state index contributed by atoms with van der Waals surface area (Å²) in [6, 6.07) is 21.0. The molecule has 0 N–H and O–H groups in total. The van der Waals surface area contributed by atoms with Gasteiger partial charge < -0.3 is 23.7 Å². The summed E-state index contributed by atoms with van der Waals surface area (Å²) in [4.78, 5) is 32.9. The van der Waals surface area contributed by atoms with Crippen LogP contribution in [-0.4, -0.2) is 79.6 Å². The Balaban J connectivity index is 1.45. The number of morpholine rings is 1. The van der Waals surface area contributed by atoms with E-state index in [2.05, 4.69) is 4.90 Å². The van der Waals surface area contributed by atoms with Crippen molar-refractivity contribution < 1.29 is 23.5 Å². The number of carbonyl (C=O) groups excluding carboxylic acids is 2. The number of rotatable bonds is 13. The lowest BCUT2D eigenvalue weighted by Crippen LogP contribution is -2.44. The highest BCUT2D eigenvalue weighted by molar-refractivity contribution is 5.86. The average Bonchev–Trinajstić information content (AvgIpc) is 3.47. The fourth-order valence-corrected chi connectivity index (χ4v) is 4.52. The Morgan fingerprint density at radius 3 is 2.32 bits per heavy atom. The van der Waals surface area contributed by atoms with Crippen LogP contribution < -0.4 is 4.74 Å². The molecule has 3 aromatic rings. The van der Waals surface area contributed by atoms with Gasteiger partial charge in [0.05, 0.1) is 46.1 Å². The third kappa shape index (κ3) is 8.46. The summed E-state index contributed by atoms with van der Waals surface area (Å²) in [5, 5.41) is 0. The molecule has 1 fully saturated rings. The molecule has 0 atom stereocenters. The second kappa shape index (κ2) is 14.4. The molecule has 0 unspecified atom stereocenters. The van der Waals surface area contributed by atoms with Gasteiger partial charge in [-0.25, -0.2) is 0 Å². The van der Waals surface area contributed by atoms with E-state index < -0.39 is 0 Å². The summed E-state index contributed by atoms with van der Waals surface area (Å²) in [6.07, 6.45) is 2.63. The quantitative estimate of drug-likeness (QED) is 0.344. The van der Waals surface area contributed by atoms with E-state index in [9.17, 15) is 9.59 Å². The van der Waals surface area contributed by atoms with Crippen molar-refractivity contribution in [3.63, 3.8) is 0 Å². The van der Waals surface area contributed by atoms with Gasteiger partial charge in [-0.15, -0.1) is 0 Å². The largest absolute Gasteiger partial charge is 0.497 e. The predicted octanol–water partition coefficient (Wildman–Crippen LogP) is 3.61. The van der Waals surface area contributed by atoms with Crippen molar-refractivity contribution in [3.8, 4) is 5.75 Å². The molecule has 4 rings (SSSR count). The van der Waals surface area contributed by atoms with Gasteiger partial charge >= 0.3 is 0 Å². The van der Waals surface area contributed by atoms with Crippen LogP contribution in [0.2, 0.25) is 0 Å². The molecular weight excluding hydrogens is 482 g/mol. The van der Waals surface area contributed by atoms with Crippen LogP contribution in [0.1, 0.15) is 23.3 Å². The van der Waals surface area contributed by atoms with Gasteiger partial charge in [-0.3, -0.25) is 14.5 Å². The zero-order valence-corrected chi connectivity index (χ0v) is 22.1. The minimum Gasteiger partial charge on any atom is -0.497 e. The first-order valence-electron chi connectivity index (χ1n) is 13.2. The second-order valence-corrected chi connectivity index (χ2v) is 9.46. The Bertz CT molecular complexity index is 1110. The number of methoxy groups -OCH3 is 1. The molecule has 2 amide bonds. The van der Waals surface area contributed by atoms with Gasteiger partial charge in [0.25, 0.3) is 0 Å².